The van der Waals surface area contributed by atoms with Crippen LogP contribution in [0.25, 0.3) is 6.08 Å². The van der Waals surface area contributed by atoms with Crippen molar-refractivity contribution in [2.75, 3.05) is 0 Å². The highest BCUT2D eigenvalue weighted by molar-refractivity contribution is 6.01. The summed E-state index contributed by atoms with van der Waals surface area (Å²) in [6.07, 6.45) is -14.2. The van der Waals surface area contributed by atoms with Crippen LogP contribution < -0.4 is 10.1 Å². The minimum absolute atomic E-state index is 0.223. The highest BCUT2D eigenvalue weighted by Crippen LogP contribution is 2.36. The third-order valence-corrected chi connectivity index (χ3v) is 2.81. The van der Waals surface area contributed by atoms with Crippen molar-refractivity contribution in [3.8, 4) is 11.8 Å². The molecule has 0 spiro atoms. The Hall–Kier alpha value is -2.70. The topological polar surface area (TPSA) is 62.1 Å². The van der Waals surface area contributed by atoms with Gasteiger partial charge in [-0.3, -0.25) is 4.79 Å². The fraction of sp³-hybridized carbons (Fsp3) is 0.375. The summed E-state index contributed by atoms with van der Waals surface area (Å²) in [5.41, 5.74) is -0.0395. The Balaban J connectivity index is 2.94. The number of nitrogens with one attached hydrogen (secondary N) is 1. The standard InChI is InChI=1S/C16H14F6N2O2/c1-9(2)24-13(25)11(8-23)7-10-3-5-12(6-4-10)26-16(21,22)14(17)15(18,19)20/h3-7,9,14H,1-2H3,(H,24,25)/b11-7+/t14-/m0/s1. The lowest BCUT2D eigenvalue weighted by Gasteiger charge is -2.23. The van der Waals surface area contributed by atoms with Crippen LogP contribution in [0.3, 0.4) is 0 Å². The van der Waals surface area contributed by atoms with Crippen molar-refractivity contribution in [3.63, 3.8) is 0 Å². The Bertz CT molecular complexity index is 705. The molecule has 0 saturated heterocycles. The molecule has 26 heavy (non-hydrogen) atoms. The molecule has 0 fully saturated rings. The second-order valence-electron chi connectivity index (χ2n) is 5.44. The number of nitriles is 1. The number of hydrogen-bond acceptors (Lipinski definition) is 3. The van der Waals surface area contributed by atoms with Gasteiger partial charge in [-0.1, -0.05) is 12.1 Å². The lowest BCUT2D eigenvalue weighted by molar-refractivity contribution is -0.304. The van der Waals surface area contributed by atoms with E-state index in [-0.39, 0.29) is 17.2 Å². The second-order valence-corrected chi connectivity index (χ2v) is 5.44. The van der Waals surface area contributed by atoms with Gasteiger partial charge in [0.05, 0.1) is 0 Å². The molecule has 0 aliphatic rings. The van der Waals surface area contributed by atoms with E-state index in [1.165, 1.54) is 0 Å². The predicted octanol–water partition coefficient (Wildman–Crippen LogP) is 3.99. The van der Waals surface area contributed by atoms with Gasteiger partial charge in [-0.15, -0.1) is 0 Å². The molecule has 0 heterocycles. The number of benzene rings is 1. The van der Waals surface area contributed by atoms with Gasteiger partial charge < -0.3 is 10.1 Å². The summed E-state index contributed by atoms with van der Waals surface area (Å²) in [5, 5.41) is 11.4. The molecule has 0 bridgehead atoms. The third kappa shape index (κ3) is 5.98. The predicted molar refractivity (Wildman–Crippen MR) is 79.8 cm³/mol. The highest BCUT2D eigenvalue weighted by atomic mass is 19.4. The van der Waals surface area contributed by atoms with E-state index in [0.717, 1.165) is 30.3 Å². The van der Waals surface area contributed by atoms with E-state index < -0.39 is 30.1 Å². The van der Waals surface area contributed by atoms with E-state index in [1.54, 1.807) is 19.9 Å². The molecule has 1 N–H and O–H groups in total. The summed E-state index contributed by atoms with van der Waals surface area (Å²) in [6.45, 7) is 3.36. The molecule has 1 rings (SSSR count). The molecule has 4 nitrogen and oxygen atoms in total. The monoisotopic (exact) mass is 380 g/mol. The summed E-state index contributed by atoms with van der Waals surface area (Å²) < 4.78 is 79.0. The smallest absolute Gasteiger partial charge is 0.430 e. The van der Waals surface area contributed by atoms with Crippen molar-refractivity contribution in [3.05, 3.63) is 35.4 Å². The minimum atomic E-state index is -5.78. The molecule has 0 unspecified atom stereocenters. The van der Waals surface area contributed by atoms with Crippen molar-refractivity contribution in [2.24, 2.45) is 0 Å². The fourth-order valence-corrected chi connectivity index (χ4v) is 1.69. The fourth-order valence-electron chi connectivity index (χ4n) is 1.69. The molecule has 0 aromatic heterocycles. The minimum Gasteiger partial charge on any atom is -0.430 e. The largest absolute Gasteiger partial charge is 0.439 e. The molecule has 0 saturated carbocycles. The van der Waals surface area contributed by atoms with E-state index in [2.05, 4.69) is 10.1 Å². The second kappa shape index (κ2) is 8.12. The Morgan fingerprint density at radius 1 is 1.19 bits per heavy atom. The number of halogens is 6. The Morgan fingerprint density at radius 3 is 2.15 bits per heavy atom. The first-order chi connectivity index (χ1) is 11.9. The third-order valence-electron chi connectivity index (χ3n) is 2.81. The van der Waals surface area contributed by atoms with Crippen LogP contribution in [-0.2, 0) is 4.79 Å². The molecule has 10 heteroatoms. The van der Waals surface area contributed by atoms with Gasteiger partial charge >= 0.3 is 12.3 Å². The number of carbonyl (C=O) groups excluding carboxylic acids is 1. The summed E-state index contributed by atoms with van der Waals surface area (Å²) in [5.74, 6) is -1.37. The van der Waals surface area contributed by atoms with Crippen molar-refractivity contribution in [1.82, 2.24) is 5.32 Å². The molecule has 142 valence electrons. The van der Waals surface area contributed by atoms with Crippen molar-refractivity contribution < 1.29 is 35.9 Å². The number of hydrogen-bond donors (Lipinski definition) is 1. The maximum absolute atomic E-state index is 13.2. The van der Waals surface area contributed by atoms with E-state index >= 15 is 0 Å². The molecule has 1 aromatic rings. The van der Waals surface area contributed by atoms with E-state index in [0.29, 0.717) is 0 Å². The van der Waals surface area contributed by atoms with Gasteiger partial charge in [-0.2, -0.15) is 27.2 Å². The van der Waals surface area contributed by atoms with Crippen molar-refractivity contribution >= 4 is 12.0 Å². The van der Waals surface area contributed by atoms with Crippen LogP contribution in [-0.4, -0.2) is 30.4 Å². The van der Waals surface area contributed by atoms with Crippen LogP contribution in [0.15, 0.2) is 29.8 Å². The first kappa shape index (κ1) is 21.3. The molecular formula is C16H14F6N2O2. The van der Waals surface area contributed by atoms with E-state index in [4.69, 9.17) is 5.26 Å². The van der Waals surface area contributed by atoms with Crippen LogP contribution in [0, 0.1) is 11.3 Å². The molecule has 1 aromatic carbocycles. The Kier molecular flexibility index (Phi) is 6.66. The molecular weight excluding hydrogens is 366 g/mol. The van der Waals surface area contributed by atoms with Gasteiger partial charge in [-0.25, -0.2) is 4.39 Å². The van der Waals surface area contributed by atoms with E-state index in [9.17, 15) is 31.1 Å². The molecule has 0 aliphatic carbocycles. The van der Waals surface area contributed by atoms with Crippen molar-refractivity contribution in [1.29, 1.82) is 5.26 Å². The first-order valence-corrected chi connectivity index (χ1v) is 7.17. The maximum Gasteiger partial charge on any atom is 0.439 e. The number of nitrogens with zero attached hydrogens (tertiary/aromatic N) is 1. The average molecular weight is 380 g/mol. The van der Waals surface area contributed by atoms with Crippen LogP contribution >= 0.6 is 0 Å². The zero-order chi connectivity index (χ0) is 20.1. The normalized spacial score (nSPS) is 13.9. The summed E-state index contributed by atoms with van der Waals surface area (Å²) in [7, 11) is 0. The maximum atomic E-state index is 13.2. The van der Waals surface area contributed by atoms with Crippen molar-refractivity contribution in [2.45, 2.75) is 38.3 Å². The van der Waals surface area contributed by atoms with Gasteiger partial charge in [0, 0.05) is 6.04 Å². The Morgan fingerprint density at radius 2 is 1.73 bits per heavy atom. The Labute approximate surface area is 145 Å². The lowest BCUT2D eigenvalue weighted by atomic mass is 10.1. The van der Waals surface area contributed by atoms with Crippen LogP contribution in [0.5, 0.6) is 5.75 Å². The van der Waals surface area contributed by atoms with Gasteiger partial charge in [0.25, 0.3) is 12.1 Å². The number of ether oxygens (including phenoxy) is 1. The summed E-state index contributed by atoms with van der Waals surface area (Å²) >= 11 is 0. The number of carbonyl (C=O) groups is 1. The number of rotatable bonds is 6. The summed E-state index contributed by atoms with van der Waals surface area (Å²) in [4.78, 5) is 11.7. The lowest BCUT2D eigenvalue weighted by Crippen LogP contribution is -2.45. The molecule has 1 atom stereocenters. The van der Waals surface area contributed by atoms with E-state index in [1.807, 2.05) is 0 Å². The molecule has 0 aliphatic heterocycles. The first-order valence-electron chi connectivity index (χ1n) is 7.17. The van der Waals surface area contributed by atoms with Crippen LogP contribution in [0.2, 0.25) is 0 Å². The average Bonchev–Trinajstić information content (AvgIpc) is 2.51. The number of alkyl halides is 6. The van der Waals surface area contributed by atoms with Gasteiger partial charge in [0.1, 0.15) is 17.4 Å². The van der Waals surface area contributed by atoms with Crippen LogP contribution in [0.4, 0.5) is 26.3 Å². The quantitative estimate of drug-likeness (QED) is 0.461. The van der Waals surface area contributed by atoms with Gasteiger partial charge in [-0.05, 0) is 37.6 Å². The van der Waals surface area contributed by atoms with Crippen LogP contribution in [0.1, 0.15) is 19.4 Å². The zero-order valence-electron chi connectivity index (χ0n) is 13.6. The number of amides is 1. The SMILES string of the molecule is CC(C)NC(=O)/C(C#N)=C/c1ccc(OC(F)(F)[C@@H](F)C(F)(F)F)cc1. The van der Waals surface area contributed by atoms with Gasteiger partial charge in [0.15, 0.2) is 0 Å². The molecule has 1 amide bonds. The highest BCUT2D eigenvalue weighted by Gasteiger charge is 2.59. The van der Waals surface area contributed by atoms with Gasteiger partial charge in [0.2, 0.25) is 0 Å². The zero-order valence-corrected chi connectivity index (χ0v) is 13.6. The molecule has 0 radical (unpaired) electrons. The summed E-state index contributed by atoms with van der Waals surface area (Å²) in [6, 6.07) is 5.39.